The zero-order valence-electron chi connectivity index (χ0n) is 8.13. The molecule has 0 atom stereocenters. The standard InChI is InChI=1S/C11H8F2N2O/c12-8-4-6(5-9(13)10(8)14)7-2-1-3-15-11(7)16/h1-5H,14H2,(H,15,16). The summed E-state index contributed by atoms with van der Waals surface area (Å²) in [6.07, 6.45) is 1.44. The topological polar surface area (TPSA) is 58.9 Å². The molecule has 0 unspecified atom stereocenters. The lowest BCUT2D eigenvalue weighted by Crippen LogP contribution is -2.07. The number of nitrogens with two attached hydrogens (primary N) is 1. The van der Waals surface area contributed by atoms with E-state index in [1.54, 1.807) is 6.07 Å². The first kappa shape index (κ1) is 10.4. The minimum absolute atomic E-state index is 0.158. The zero-order chi connectivity index (χ0) is 11.7. The van der Waals surface area contributed by atoms with Crippen molar-refractivity contribution in [2.45, 2.75) is 0 Å². The summed E-state index contributed by atoms with van der Waals surface area (Å²) in [5.41, 5.74) is 4.53. The van der Waals surface area contributed by atoms with E-state index in [2.05, 4.69) is 4.98 Å². The van der Waals surface area contributed by atoms with Gasteiger partial charge in [0.05, 0.1) is 0 Å². The van der Waals surface area contributed by atoms with Gasteiger partial charge in [-0.05, 0) is 29.8 Å². The van der Waals surface area contributed by atoms with Crippen molar-refractivity contribution in [3.63, 3.8) is 0 Å². The monoisotopic (exact) mass is 222 g/mol. The number of benzene rings is 1. The summed E-state index contributed by atoms with van der Waals surface area (Å²) >= 11 is 0. The Morgan fingerprint density at radius 1 is 1.19 bits per heavy atom. The van der Waals surface area contributed by atoms with E-state index in [4.69, 9.17) is 5.73 Å². The van der Waals surface area contributed by atoms with Gasteiger partial charge in [-0.15, -0.1) is 0 Å². The van der Waals surface area contributed by atoms with Crippen LogP contribution in [0.1, 0.15) is 0 Å². The van der Waals surface area contributed by atoms with Crippen LogP contribution in [0.25, 0.3) is 11.1 Å². The maximum Gasteiger partial charge on any atom is 0.255 e. The van der Waals surface area contributed by atoms with Gasteiger partial charge in [0.2, 0.25) is 0 Å². The summed E-state index contributed by atoms with van der Waals surface area (Å²) in [6.45, 7) is 0. The molecule has 0 saturated carbocycles. The number of pyridine rings is 1. The lowest BCUT2D eigenvalue weighted by Gasteiger charge is -2.03. The van der Waals surface area contributed by atoms with Crippen LogP contribution < -0.4 is 11.3 Å². The molecule has 2 rings (SSSR count). The summed E-state index contributed by atoms with van der Waals surface area (Å²) < 4.78 is 26.4. The van der Waals surface area contributed by atoms with Gasteiger partial charge in [-0.3, -0.25) is 4.79 Å². The molecule has 1 heterocycles. The first-order chi connectivity index (χ1) is 7.59. The lowest BCUT2D eigenvalue weighted by atomic mass is 10.1. The molecule has 0 bridgehead atoms. The van der Waals surface area contributed by atoms with Gasteiger partial charge in [0.15, 0.2) is 0 Å². The van der Waals surface area contributed by atoms with Crippen molar-refractivity contribution in [2.75, 3.05) is 5.73 Å². The molecule has 82 valence electrons. The van der Waals surface area contributed by atoms with Gasteiger partial charge in [0, 0.05) is 11.8 Å². The number of nitrogen functional groups attached to an aromatic ring is 1. The van der Waals surface area contributed by atoms with Crippen molar-refractivity contribution in [1.29, 1.82) is 0 Å². The number of hydrogen-bond acceptors (Lipinski definition) is 2. The van der Waals surface area contributed by atoms with E-state index in [0.29, 0.717) is 0 Å². The molecule has 0 aliphatic rings. The van der Waals surface area contributed by atoms with E-state index in [1.165, 1.54) is 12.3 Å². The number of hydrogen-bond donors (Lipinski definition) is 2. The quantitative estimate of drug-likeness (QED) is 0.724. The Kier molecular flexibility index (Phi) is 2.44. The molecular formula is C11H8F2N2O. The third-order valence-electron chi connectivity index (χ3n) is 2.21. The zero-order valence-corrected chi connectivity index (χ0v) is 8.13. The van der Waals surface area contributed by atoms with Crippen molar-refractivity contribution in [3.05, 3.63) is 52.5 Å². The smallest absolute Gasteiger partial charge is 0.255 e. The van der Waals surface area contributed by atoms with E-state index in [1.807, 2.05) is 0 Å². The Morgan fingerprint density at radius 2 is 1.81 bits per heavy atom. The second-order valence-corrected chi connectivity index (χ2v) is 3.27. The molecule has 0 spiro atoms. The molecule has 1 aromatic carbocycles. The minimum Gasteiger partial charge on any atom is -0.394 e. The molecule has 2 aromatic rings. The van der Waals surface area contributed by atoms with Crippen LogP contribution in [0.3, 0.4) is 0 Å². The van der Waals surface area contributed by atoms with Crippen LogP contribution in [0.15, 0.2) is 35.3 Å². The Bertz CT molecular complexity index is 570. The molecule has 0 radical (unpaired) electrons. The lowest BCUT2D eigenvalue weighted by molar-refractivity contribution is 0.592. The van der Waals surface area contributed by atoms with Crippen LogP contribution in [0.2, 0.25) is 0 Å². The fraction of sp³-hybridized carbons (Fsp3) is 0. The van der Waals surface area contributed by atoms with E-state index in [9.17, 15) is 13.6 Å². The molecule has 0 fully saturated rings. The summed E-state index contributed by atoms with van der Waals surface area (Å²) in [6, 6.07) is 5.11. The third-order valence-corrected chi connectivity index (χ3v) is 2.21. The highest BCUT2D eigenvalue weighted by atomic mass is 19.1. The van der Waals surface area contributed by atoms with Crippen molar-refractivity contribution >= 4 is 5.69 Å². The van der Waals surface area contributed by atoms with Crippen molar-refractivity contribution < 1.29 is 8.78 Å². The second kappa shape index (κ2) is 3.77. The molecule has 3 nitrogen and oxygen atoms in total. The highest BCUT2D eigenvalue weighted by Crippen LogP contribution is 2.23. The maximum atomic E-state index is 13.2. The van der Waals surface area contributed by atoms with Gasteiger partial charge in [-0.1, -0.05) is 0 Å². The minimum atomic E-state index is -0.877. The highest BCUT2D eigenvalue weighted by molar-refractivity contribution is 5.65. The molecule has 0 saturated heterocycles. The Labute approximate surface area is 89.5 Å². The van der Waals surface area contributed by atoms with Crippen LogP contribution in [0, 0.1) is 11.6 Å². The van der Waals surface area contributed by atoms with Crippen LogP contribution in [0.5, 0.6) is 0 Å². The van der Waals surface area contributed by atoms with Gasteiger partial charge in [-0.25, -0.2) is 8.78 Å². The summed E-state index contributed by atoms with van der Waals surface area (Å²) in [5.74, 6) is -1.75. The van der Waals surface area contributed by atoms with E-state index in [-0.39, 0.29) is 11.1 Å². The number of rotatable bonds is 1. The second-order valence-electron chi connectivity index (χ2n) is 3.27. The number of nitrogens with one attached hydrogen (secondary N) is 1. The van der Waals surface area contributed by atoms with Crippen LogP contribution in [0.4, 0.5) is 14.5 Å². The summed E-state index contributed by atoms with van der Waals surface area (Å²) in [7, 11) is 0. The average Bonchev–Trinajstić information content (AvgIpc) is 2.26. The fourth-order valence-corrected chi connectivity index (χ4v) is 1.39. The third kappa shape index (κ3) is 1.67. The molecule has 5 heteroatoms. The summed E-state index contributed by atoms with van der Waals surface area (Å²) in [4.78, 5) is 13.8. The summed E-state index contributed by atoms with van der Waals surface area (Å²) in [5, 5.41) is 0. The molecule has 0 aliphatic carbocycles. The average molecular weight is 222 g/mol. The number of aromatic nitrogens is 1. The van der Waals surface area contributed by atoms with Crippen molar-refractivity contribution in [3.8, 4) is 11.1 Å². The van der Waals surface area contributed by atoms with Crippen molar-refractivity contribution in [1.82, 2.24) is 4.98 Å². The van der Waals surface area contributed by atoms with E-state index >= 15 is 0 Å². The Balaban J connectivity index is 2.67. The number of anilines is 1. The predicted molar refractivity (Wildman–Crippen MR) is 56.8 cm³/mol. The SMILES string of the molecule is Nc1c(F)cc(-c2ccc[nH]c2=O)cc1F. The molecule has 0 amide bonds. The van der Waals surface area contributed by atoms with Crippen molar-refractivity contribution in [2.24, 2.45) is 0 Å². The van der Waals surface area contributed by atoms with Gasteiger partial charge >= 0.3 is 0 Å². The van der Waals surface area contributed by atoms with Gasteiger partial charge < -0.3 is 10.7 Å². The predicted octanol–water partition coefficient (Wildman–Crippen LogP) is 1.90. The molecule has 16 heavy (non-hydrogen) atoms. The molecule has 0 aliphatic heterocycles. The van der Waals surface area contributed by atoms with Gasteiger partial charge in [-0.2, -0.15) is 0 Å². The number of H-pyrrole nitrogens is 1. The first-order valence-electron chi connectivity index (χ1n) is 4.52. The Morgan fingerprint density at radius 3 is 2.38 bits per heavy atom. The van der Waals surface area contributed by atoms with E-state index < -0.39 is 22.9 Å². The number of halogens is 2. The molecular weight excluding hydrogens is 214 g/mol. The molecule has 3 N–H and O–H groups in total. The molecule has 1 aromatic heterocycles. The van der Waals surface area contributed by atoms with E-state index in [0.717, 1.165) is 12.1 Å². The maximum absolute atomic E-state index is 13.2. The first-order valence-corrected chi connectivity index (χ1v) is 4.52. The van der Waals surface area contributed by atoms with Gasteiger partial charge in [0.1, 0.15) is 17.3 Å². The fourth-order valence-electron chi connectivity index (χ4n) is 1.39. The van der Waals surface area contributed by atoms with Gasteiger partial charge in [0.25, 0.3) is 5.56 Å². The Hall–Kier alpha value is -2.17. The van der Waals surface area contributed by atoms with Crippen LogP contribution in [-0.2, 0) is 0 Å². The highest BCUT2D eigenvalue weighted by Gasteiger charge is 2.10. The van der Waals surface area contributed by atoms with Crippen LogP contribution >= 0.6 is 0 Å². The largest absolute Gasteiger partial charge is 0.394 e. The normalized spacial score (nSPS) is 10.4. The number of aromatic amines is 1. The van der Waals surface area contributed by atoms with Crippen LogP contribution in [-0.4, -0.2) is 4.98 Å².